The normalized spacial score (nSPS) is 21.4. The van der Waals surface area contributed by atoms with Gasteiger partial charge in [0.05, 0.1) is 23.1 Å². The minimum atomic E-state index is -0.886. The van der Waals surface area contributed by atoms with E-state index in [9.17, 15) is 9.59 Å². The van der Waals surface area contributed by atoms with Gasteiger partial charge in [0.15, 0.2) is 5.75 Å². The average Bonchev–Trinajstić information content (AvgIpc) is 2.79. The van der Waals surface area contributed by atoms with Gasteiger partial charge in [0, 0.05) is 18.7 Å². The molecule has 2 rings (SSSR count). The predicted octanol–water partition coefficient (Wildman–Crippen LogP) is 2.79. The molecular formula is C14H15Cl2NO4. The molecule has 5 nitrogen and oxygen atoms in total. The molecule has 0 aliphatic carbocycles. The van der Waals surface area contributed by atoms with Crippen LogP contribution in [-0.4, -0.2) is 42.1 Å². The van der Waals surface area contributed by atoms with E-state index < -0.39 is 11.9 Å². The molecule has 0 saturated carbocycles. The maximum atomic E-state index is 12.4. The number of carbonyl (C=O) groups is 2. The van der Waals surface area contributed by atoms with Gasteiger partial charge in [0.1, 0.15) is 0 Å². The molecule has 1 aromatic rings. The zero-order valence-electron chi connectivity index (χ0n) is 11.6. The number of ether oxygens (including phenoxy) is 1. The molecule has 0 radical (unpaired) electrons. The third-order valence-corrected chi connectivity index (χ3v) is 4.23. The molecule has 0 spiro atoms. The van der Waals surface area contributed by atoms with Crippen molar-refractivity contribution < 1.29 is 19.4 Å². The number of carboxylic acids is 1. The summed E-state index contributed by atoms with van der Waals surface area (Å²) in [5.41, 5.74) is 0.323. The first-order valence-corrected chi connectivity index (χ1v) is 7.15. The molecule has 0 aromatic heterocycles. The second-order valence-electron chi connectivity index (χ2n) is 5.11. The van der Waals surface area contributed by atoms with Crippen molar-refractivity contribution in [2.24, 2.45) is 11.8 Å². The van der Waals surface area contributed by atoms with Gasteiger partial charge in [-0.15, -0.1) is 0 Å². The van der Waals surface area contributed by atoms with E-state index in [4.69, 9.17) is 33.0 Å². The molecule has 7 heteroatoms. The molecule has 1 heterocycles. The van der Waals surface area contributed by atoms with E-state index in [1.807, 2.05) is 6.92 Å². The van der Waals surface area contributed by atoms with E-state index in [-0.39, 0.29) is 28.4 Å². The van der Waals surface area contributed by atoms with Crippen molar-refractivity contribution in [3.8, 4) is 5.75 Å². The average molecular weight is 332 g/mol. The van der Waals surface area contributed by atoms with Crippen LogP contribution in [0.25, 0.3) is 0 Å². The van der Waals surface area contributed by atoms with E-state index in [2.05, 4.69) is 0 Å². The molecule has 0 unspecified atom stereocenters. The molecule has 1 saturated heterocycles. The molecule has 1 N–H and O–H groups in total. The van der Waals surface area contributed by atoms with Gasteiger partial charge in [-0.05, 0) is 18.1 Å². The molecule has 21 heavy (non-hydrogen) atoms. The lowest BCUT2D eigenvalue weighted by Gasteiger charge is -2.17. The highest BCUT2D eigenvalue weighted by molar-refractivity contribution is 6.37. The first-order chi connectivity index (χ1) is 9.85. The summed E-state index contributed by atoms with van der Waals surface area (Å²) in [6.07, 6.45) is 0. The highest BCUT2D eigenvalue weighted by Gasteiger charge is 2.37. The van der Waals surface area contributed by atoms with Crippen LogP contribution in [0.1, 0.15) is 17.3 Å². The fourth-order valence-corrected chi connectivity index (χ4v) is 3.16. The van der Waals surface area contributed by atoms with E-state index in [1.54, 1.807) is 0 Å². The van der Waals surface area contributed by atoms with Crippen LogP contribution in [0.4, 0.5) is 0 Å². The van der Waals surface area contributed by atoms with Crippen LogP contribution in [0.15, 0.2) is 12.1 Å². The van der Waals surface area contributed by atoms with Crippen molar-refractivity contribution in [2.75, 3.05) is 20.2 Å². The topological polar surface area (TPSA) is 66.8 Å². The summed E-state index contributed by atoms with van der Waals surface area (Å²) in [6, 6.07) is 2.96. The standard InChI is InChI=1S/C14H15Cl2NO4/c1-7-5-17(6-9(7)14(19)20)13(18)8-3-10(15)12(21-2)11(16)4-8/h3-4,7,9H,5-6H2,1-2H3,(H,19,20)/t7-,9-/m1/s1. The number of rotatable bonds is 3. The van der Waals surface area contributed by atoms with Gasteiger partial charge in [0.2, 0.25) is 0 Å². The first kappa shape index (κ1) is 15.9. The van der Waals surface area contributed by atoms with Crippen LogP contribution >= 0.6 is 23.2 Å². The second kappa shape index (κ2) is 6.12. The predicted molar refractivity (Wildman–Crippen MR) is 79.2 cm³/mol. The summed E-state index contributed by atoms with van der Waals surface area (Å²) in [7, 11) is 1.44. The number of hydrogen-bond donors (Lipinski definition) is 1. The van der Waals surface area contributed by atoms with Crippen LogP contribution in [0.5, 0.6) is 5.75 Å². The Kier molecular flexibility index (Phi) is 4.64. The van der Waals surface area contributed by atoms with E-state index in [1.165, 1.54) is 24.1 Å². The number of hydrogen-bond acceptors (Lipinski definition) is 3. The molecule has 1 amide bonds. The molecule has 1 aliphatic rings. The lowest BCUT2D eigenvalue weighted by atomic mass is 9.99. The summed E-state index contributed by atoms with van der Waals surface area (Å²) in [5, 5.41) is 9.61. The van der Waals surface area contributed by atoms with Crippen molar-refractivity contribution in [3.63, 3.8) is 0 Å². The first-order valence-electron chi connectivity index (χ1n) is 6.40. The van der Waals surface area contributed by atoms with Gasteiger partial charge in [-0.2, -0.15) is 0 Å². The fourth-order valence-electron chi connectivity index (χ4n) is 2.52. The highest BCUT2D eigenvalue weighted by Crippen LogP contribution is 2.35. The maximum absolute atomic E-state index is 12.4. The van der Waals surface area contributed by atoms with Crippen LogP contribution in [-0.2, 0) is 4.79 Å². The molecule has 114 valence electrons. The minimum Gasteiger partial charge on any atom is -0.494 e. The third kappa shape index (κ3) is 3.09. The summed E-state index contributed by atoms with van der Waals surface area (Å²) >= 11 is 12.0. The number of likely N-dealkylation sites (tertiary alicyclic amines) is 1. The summed E-state index contributed by atoms with van der Waals surface area (Å²) in [4.78, 5) is 25.1. The molecule has 0 bridgehead atoms. The van der Waals surface area contributed by atoms with Crippen LogP contribution in [0.2, 0.25) is 10.0 Å². The van der Waals surface area contributed by atoms with E-state index in [0.717, 1.165) is 0 Å². The minimum absolute atomic E-state index is 0.0874. The lowest BCUT2D eigenvalue weighted by Crippen LogP contribution is -2.30. The molecule has 1 aromatic carbocycles. The smallest absolute Gasteiger partial charge is 0.308 e. The van der Waals surface area contributed by atoms with Gasteiger partial charge in [-0.1, -0.05) is 30.1 Å². The third-order valence-electron chi connectivity index (χ3n) is 3.67. The second-order valence-corrected chi connectivity index (χ2v) is 5.92. The molecular weight excluding hydrogens is 317 g/mol. The summed E-state index contributed by atoms with van der Waals surface area (Å²) in [5.74, 6) is -1.48. The Bertz CT molecular complexity index is 567. The number of aliphatic carboxylic acids is 1. The zero-order valence-corrected chi connectivity index (χ0v) is 13.1. The summed E-state index contributed by atoms with van der Waals surface area (Å²) < 4.78 is 5.04. The van der Waals surface area contributed by atoms with Crippen molar-refractivity contribution in [2.45, 2.75) is 6.92 Å². The zero-order chi connectivity index (χ0) is 15.7. The van der Waals surface area contributed by atoms with Gasteiger partial charge in [-0.3, -0.25) is 9.59 Å². The number of carbonyl (C=O) groups excluding carboxylic acids is 1. The van der Waals surface area contributed by atoms with Crippen LogP contribution in [0.3, 0.4) is 0 Å². The number of carboxylic acid groups (broad SMARTS) is 1. The quantitative estimate of drug-likeness (QED) is 0.924. The van der Waals surface area contributed by atoms with Gasteiger partial charge >= 0.3 is 5.97 Å². The fraction of sp³-hybridized carbons (Fsp3) is 0.429. The van der Waals surface area contributed by atoms with Gasteiger partial charge < -0.3 is 14.7 Å². The van der Waals surface area contributed by atoms with Crippen LogP contribution in [0, 0.1) is 11.8 Å². The molecule has 1 aliphatic heterocycles. The number of halogens is 2. The van der Waals surface area contributed by atoms with E-state index in [0.29, 0.717) is 17.9 Å². The lowest BCUT2D eigenvalue weighted by molar-refractivity contribution is -0.142. The van der Waals surface area contributed by atoms with Crippen molar-refractivity contribution in [1.82, 2.24) is 4.90 Å². The summed E-state index contributed by atoms with van der Waals surface area (Å²) in [6.45, 7) is 2.41. The number of benzene rings is 1. The Labute approximate surface area is 132 Å². The Morgan fingerprint density at radius 2 is 1.86 bits per heavy atom. The van der Waals surface area contributed by atoms with Crippen molar-refractivity contribution in [3.05, 3.63) is 27.7 Å². The number of amides is 1. The SMILES string of the molecule is COc1c(Cl)cc(C(=O)N2C[C@@H](C)[C@H](C(=O)O)C2)cc1Cl. The number of nitrogens with zero attached hydrogens (tertiary/aromatic N) is 1. The maximum Gasteiger partial charge on any atom is 0.308 e. The van der Waals surface area contributed by atoms with Gasteiger partial charge in [-0.25, -0.2) is 0 Å². The van der Waals surface area contributed by atoms with E-state index >= 15 is 0 Å². The van der Waals surface area contributed by atoms with Crippen LogP contribution < -0.4 is 4.74 Å². The Morgan fingerprint density at radius 1 is 1.29 bits per heavy atom. The Hall–Kier alpha value is -1.46. The molecule has 2 atom stereocenters. The molecule has 1 fully saturated rings. The Morgan fingerprint density at radius 3 is 2.29 bits per heavy atom. The van der Waals surface area contributed by atoms with Crippen molar-refractivity contribution >= 4 is 35.1 Å². The van der Waals surface area contributed by atoms with Crippen molar-refractivity contribution in [1.29, 1.82) is 0 Å². The highest BCUT2D eigenvalue weighted by atomic mass is 35.5. The van der Waals surface area contributed by atoms with Gasteiger partial charge in [0.25, 0.3) is 5.91 Å². The largest absolute Gasteiger partial charge is 0.494 e. The number of methoxy groups -OCH3 is 1. The Balaban J connectivity index is 2.24. The monoisotopic (exact) mass is 331 g/mol.